The molecule has 0 radical (unpaired) electrons. The fourth-order valence-corrected chi connectivity index (χ4v) is 1.68. The van der Waals surface area contributed by atoms with Gasteiger partial charge in [-0.2, -0.15) is 5.26 Å². The fraction of sp³-hybridized carbons (Fsp3) is 0.308. The Balaban J connectivity index is 3.79. The third-order valence-corrected chi connectivity index (χ3v) is 2.59. The summed E-state index contributed by atoms with van der Waals surface area (Å²) in [6.45, 7) is 0. The van der Waals surface area contributed by atoms with E-state index in [1.807, 2.05) is 0 Å². The van der Waals surface area contributed by atoms with Gasteiger partial charge in [-0.05, 0) is 0 Å². The maximum atomic E-state index is 11.8. The Hall–Kier alpha value is -2.75. The number of hydrogen-bond acceptors (Lipinski definition) is 7. The van der Waals surface area contributed by atoms with Crippen LogP contribution < -0.4 is 9.47 Å². The summed E-state index contributed by atoms with van der Waals surface area (Å²) in [5.74, 6) is -1.46. The molecule has 7 nitrogen and oxygen atoms in total. The van der Waals surface area contributed by atoms with Crippen LogP contribution in [0.3, 0.4) is 0 Å². The van der Waals surface area contributed by atoms with E-state index in [0.717, 1.165) is 14.2 Å². The molecule has 0 unspecified atom stereocenters. The van der Waals surface area contributed by atoms with Crippen LogP contribution in [0, 0.1) is 11.3 Å². The first-order valence-electron chi connectivity index (χ1n) is 5.41. The molecular formula is C13H13NO6. The number of carbonyl (C=O) groups excluding carboxylic acids is 2. The molecule has 0 saturated heterocycles. The first-order valence-corrected chi connectivity index (χ1v) is 5.41. The predicted molar refractivity (Wildman–Crippen MR) is 66.9 cm³/mol. The van der Waals surface area contributed by atoms with Gasteiger partial charge in [0.25, 0.3) is 0 Å². The van der Waals surface area contributed by atoms with E-state index in [2.05, 4.69) is 9.47 Å². The van der Waals surface area contributed by atoms with Crippen molar-refractivity contribution in [3.63, 3.8) is 0 Å². The molecule has 20 heavy (non-hydrogen) atoms. The number of ether oxygens (including phenoxy) is 4. The molecule has 0 bridgehead atoms. The second-order valence-corrected chi connectivity index (χ2v) is 3.50. The molecule has 1 aromatic carbocycles. The normalized spacial score (nSPS) is 9.35. The van der Waals surface area contributed by atoms with Gasteiger partial charge in [0.2, 0.25) is 0 Å². The molecule has 0 saturated carbocycles. The first-order chi connectivity index (χ1) is 9.55. The van der Waals surface area contributed by atoms with E-state index in [1.54, 1.807) is 6.07 Å². The Morgan fingerprint density at radius 3 is 1.60 bits per heavy atom. The third-order valence-electron chi connectivity index (χ3n) is 2.59. The summed E-state index contributed by atoms with van der Waals surface area (Å²) in [7, 11) is 4.95. The highest BCUT2D eigenvalue weighted by molar-refractivity contribution is 6.03. The number of hydrogen-bond donors (Lipinski definition) is 0. The summed E-state index contributed by atoms with van der Waals surface area (Å²) >= 11 is 0. The van der Waals surface area contributed by atoms with Gasteiger partial charge in [-0.1, -0.05) is 0 Å². The number of nitriles is 1. The van der Waals surface area contributed by atoms with Gasteiger partial charge in [0.15, 0.2) is 0 Å². The third kappa shape index (κ3) is 2.49. The molecule has 1 rings (SSSR count). The summed E-state index contributed by atoms with van der Waals surface area (Å²) in [5, 5.41) is 9.25. The van der Waals surface area contributed by atoms with Crippen LogP contribution >= 0.6 is 0 Å². The highest BCUT2D eigenvalue weighted by Crippen LogP contribution is 2.34. The van der Waals surface area contributed by atoms with Crippen molar-refractivity contribution in [2.45, 2.75) is 0 Å². The van der Waals surface area contributed by atoms with Gasteiger partial charge in [0.05, 0.1) is 34.0 Å². The van der Waals surface area contributed by atoms with Crippen LogP contribution in [0.2, 0.25) is 0 Å². The lowest BCUT2D eigenvalue weighted by Gasteiger charge is -2.14. The van der Waals surface area contributed by atoms with Gasteiger partial charge >= 0.3 is 11.9 Å². The topological polar surface area (TPSA) is 94.8 Å². The minimum absolute atomic E-state index is 0.0675. The Labute approximate surface area is 115 Å². The van der Waals surface area contributed by atoms with E-state index < -0.39 is 11.9 Å². The van der Waals surface area contributed by atoms with Crippen molar-refractivity contribution in [2.24, 2.45) is 0 Å². The van der Waals surface area contributed by atoms with E-state index >= 15 is 0 Å². The Morgan fingerprint density at radius 1 is 0.950 bits per heavy atom. The monoisotopic (exact) mass is 279 g/mol. The van der Waals surface area contributed by atoms with E-state index in [4.69, 9.17) is 9.47 Å². The van der Waals surface area contributed by atoms with Crippen molar-refractivity contribution >= 4 is 11.9 Å². The molecule has 0 aromatic heterocycles. The minimum atomic E-state index is -0.800. The molecule has 0 amide bonds. The summed E-state index contributed by atoms with van der Waals surface area (Å²) in [4.78, 5) is 23.6. The minimum Gasteiger partial charge on any atom is -0.496 e. The molecule has 0 spiro atoms. The standard InChI is InChI=1S/C13H13NO6/c1-17-8-5-9(18-2)11(13(16)20-4)7(6-14)10(8)12(15)19-3/h5H,1-4H3. The van der Waals surface area contributed by atoms with E-state index in [-0.39, 0.29) is 28.2 Å². The summed E-state index contributed by atoms with van der Waals surface area (Å²) in [6, 6.07) is 3.10. The van der Waals surface area contributed by atoms with E-state index in [1.165, 1.54) is 20.3 Å². The zero-order chi connectivity index (χ0) is 15.3. The molecule has 1 aromatic rings. The van der Waals surface area contributed by atoms with Gasteiger partial charge in [0.1, 0.15) is 28.7 Å². The predicted octanol–water partition coefficient (Wildman–Crippen LogP) is 1.15. The van der Waals surface area contributed by atoms with Crippen LogP contribution in [0.5, 0.6) is 11.5 Å². The molecule has 0 atom stereocenters. The second-order valence-electron chi connectivity index (χ2n) is 3.50. The average molecular weight is 279 g/mol. The van der Waals surface area contributed by atoms with Gasteiger partial charge in [0, 0.05) is 6.07 Å². The van der Waals surface area contributed by atoms with Crippen molar-refractivity contribution in [3.05, 3.63) is 22.8 Å². The maximum Gasteiger partial charge on any atom is 0.343 e. The van der Waals surface area contributed by atoms with Gasteiger partial charge in [-0.25, -0.2) is 9.59 Å². The first kappa shape index (κ1) is 15.3. The Morgan fingerprint density at radius 2 is 1.35 bits per heavy atom. The van der Waals surface area contributed by atoms with Crippen LogP contribution in [-0.4, -0.2) is 40.4 Å². The molecular weight excluding hydrogens is 266 g/mol. The van der Waals surface area contributed by atoms with Crippen molar-refractivity contribution in [2.75, 3.05) is 28.4 Å². The number of methoxy groups -OCH3 is 4. The Kier molecular flexibility index (Phi) is 4.92. The quantitative estimate of drug-likeness (QED) is 0.763. The fourth-order valence-electron chi connectivity index (χ4n) is 1.68. The number of carbonyl (C=O) groups is 2. The molecule has 0 heterocycles. The summed E-state index contributed by atoms with van der Waals surface area (Å²) < 4.78 is 19.3. The number of nitrogens with zero attached hydrogens (tertiary/aromatic N) is 1. The second kappa shape index (κ2) is 6.43. The van der Waals surface area contributed by atoms with Gasteiger partial charge < -0.3 is 18.9 Å². The van der Waals surface area contributed by atoms with Crippen molar-refractivity contribution in [1.29, 1.82) is 5.26 Å². The summed E-state index contributed by atoms with van der Waals surface area (Å²) in [5.41, 5.74) is -0.530. The van der Waals surface area contributed by atoms with E-state index in [9.17, 15) is 14.9 Å². The van der Waals surface area contributed by atoms with Crippen LogP contribution in [0.1, 0.15) is 26.3 Å². The molecule has 0 aliphatic carbocycles. The van der Waals surface area contributed by atoms with Crippen molar-refractivity contribution in [1.82, 2.24) is 0 Å². The highest BCUT2D eigenvalue weighted by Gasteiger charge is 2.29. The zero-order valence-electron chi connectivity index (χ0n) is 11.5. The van der Waals surface area contributed by atoms with Gasteiger partial charge in [-0.3, -0.25) is 0 Å². The molecule has 0 aliphatic rings. The van der Waals surface area contributed by atoms with Crippen LogP contribution in [0.15, 0.2) is 6.07 Å². The molecule has 106 valence electrons. The number of rotatable bonds is 4. The smallest absolute Gasteiger partial charge is 0.343 e. The lowest BCUT2D eigenvalue weighted by atomic mass is 9.99. The SMILES string of the molecule is COC(=O)c1c(OC)cc(OC)c(C(=O)OC)c1C#N. The highest BCUT2D eigenvalue weighted by atomic mass is 16.5. The summed E-state index contributed by atoms with van der Waals surface area (Å²) in [6.07, 6.45) is 0. The molecule has 7 heteroatoms. The number of esters is 2. The largest absolute Gasteiger partial charge is 0.496 e. The molecule has 0 aliphatic heterocycles. The van der Waals surface area contributed by atoms with Crippen LogP contribution in [-0.2, 0) is 9.47 Å². The van der Waals surface area contributed by atoms with Crippen LogP contribution in [0.25, 0.3) is 0 Å². The molecule has 0 N–H and O–H groups in total. The zero-order valence-corrected chi connectivity index (χ0v) is 11.5. The average Bonchev–Trinajstić information content (AvgIpc) is 2.50. The van der Waals surface area contributed by atoms with Crippen molar-refractivity contribution < 1.29 is 28.5 Å². The van der Waals surface area contributed by atoms with Crippen LogP contribution in [0.4, 0.5) is 0 Å². The maximum absolute atomic E-state index is 11.8. The lowest BCUT2D eigenvalue weighted by molar-refractivity contribution is 0.0594. The lowest BCUT2D eigenvalue weighted by Crippen LogP contribution is -2.14. The van der Waals surface area contributed by atoms with E-state index in [0.29, 0.717) is 0 Å². The molecule has 0 fully saturated rings. The van der Waals surface area contributed by atoms with Crippen molar-refractivity contribution in [3.8, 4) is 17.6 Å². The Bertz CT molecular complexity index is 545. The van der Waals surface area contributed by atoms with Gasteiger partial charge in [-0.15, -0.1) is 0 Å². The number of benzene rings is 1.